The minimum atomic E-state index is -1.28. The lowest BCUT2D eigenvalue weighted by Gasteiger charge is -2.39. The SMILES string of the molecule is CC(=O)N[C@@H]1[C@@H](O)[C@@H](O)[C@@H](CO)S[C@@H]1O. The Hall–Kier alpha value is -0.340. The van der Waals surface area contributed by atoms with E-state index in [2.05, 4.69) is 5.32 Å². The van der Waals surface area contributed by atoms with Crippen molar-refractivity contribution in [1.29, 1.82) is 0 Å². The van der Waals surface area contributed by atoms with E-state index in [0.717, 1.165) is 11.8 Å². The van der Waals surface area contributed by atoms with Crippen molar-refractivity contribution in [2.45, 2.75) is 35.9 Å². The highest BCUT2D eigenvalue weighted by Gasteiger charge is 2.43. The molecule has 7 heteroatoms. The topological polar surface area (TPSA) is 110 Å². The van der Waals surface area contributed by atoms with E-state index < -0.39 is 34.8 Å². The van der Waals surface area contributed by atoms with Crippen LogP contribution in [-0.2, 0) is 4.79 Å². The summed E-state index contributed by atoms with van der Waals surface area (Å²) in [6.45, 7) is 0.918. The summed E-state index contributed by atoms with van der Waals surface area (Å²) in [5.41, 5.74) is -1.04. The van der Waals surface area contributed by atoms with E-state index >= 15 is 0 Å². The van der Waals surface area contributed by atoms with E-state index in [9.17, 15) is 20.1 Å². The first-order valence-corrected chi connectivity index (χ1v) is 5.49. The third-order valence-electron chi connectivity index (χ3n) is 2.27. The molecule has 5 atom stereocenters. The van der Waals surface area contributed by atoms with Crippen molar-refractivity contribution in [1.82, 2.24) is 5.32 Å². The lowest BCUT2D eigenvalue weighted by Crippen LogP contribution is -2.60. The molecule has 1 saturated heterocycles. The Bertz CT molecular complexity index is 239. The normalized spacial score (nSPS) is 41.3. The van der Waals surface area contributed by atoms with Gasteiger partial charge in [0.15, 0.2) is 0 Å². The molecule has 6 nitrogen and oxygen atoms in total. The molecule has 0 aliphatic carbocycles. The van der Waals surface area contributed by atoms with Gasteiger partial charge in [0.25, 0.3) is 0 Å². The first kappa shape index (κ1) is 12.7. The van der Waals surface area contributed by atoms with Gasteiger partial charge in [-0.15, -0.1) is 11.8 Å². The Kier molecular flexibility index (Phi) is 4.35. The van der Waals surface area contributed by atoms with Gasteiger partial charge >= 0.3 is 0 Å². The smallest absolute Gasteiger partial charge is 0.217 e. The van der Waals surface area contributed by atoms with Crippen molar-refractivity contribution < 1.29 is 25.2 Å². The van der Waals surface area contributed by atoms with E-state index in [1.54, 1.807) is 0 Å². The van der Waals surface area contributed by atoms with Crippen molar-refractivity contribution in [3.05, 3.63) is 0 Å². The number of hydrogen-bond acceptors (Lipinski definition) is 6. The Morgan fingerprint density at radius 2 is 1.93 bits per heavy atom. The van der Waals surface area contributed by atoms with Crippen molar-refractivity contribution in [3.8, 4) is 0 Å². The van der Waals surface area contributed by atoms with Crippen molar-refractivity contribution in [2.24, 2.45) is 0 Å². The molecule has 1 heterocycles. The van der Waals surface area contributed by atoms with Crippen molar-refractivity contribution in [2.75, 3.05) is 6.61 Å². The average molecular weight is 237 g/mol. The number of nitrogens with one attached hydrogen (secondary N) is 1. The van der Waals surface area contributed by atoms with Gasteiger partial charge in [-0.25, -0.2) is 0 Å². The highest BCUT2D eigenvalue weighted by atomic mass is 32.2. The van der Waals surface area contributed by atoms with Crippen LogP contribution in [-0.4, -0.2) is 61.9 Å². The molecule has 1 amide bonds. The Balaban J connectivity index is 2.70. The van der Waals surface area contributed by atoms with Gasteiger partial charge in [-0.1, -0.05) is 0 Å². The van der Waals surface area contributed by atoms with Gasteiger partial charge in [-0.3, -0.25) is 4.79 Å². The summed E-state index contributed by atoms with van der Waals surface area (Å²) in [7, 11) is 0. The number of amides is 1. The van der Waals surface area contributed by atoms with Gasteiger partial charge in [0.05, 0.1) is 24.0 Å². The molecule has 0 aromatic carbocycles. The molecule has 1 aliphatic rings. The highest BCUT2D eigenvalue weighted by molar-refractivity contribution is 8.00. The summed E-state index contributed by atoms with van der Waals surface area (Å²) in [5, 5.41) is 39.3. The highest BCUT2D eigenvalue weighted by Crippen LogP contribution is 2.30. The maximum absolute atomic E-state index is 10.8. The number of aliphatic hydroxyl groups is 4. The summed E-state index contributed by atoms with van der Waals surface area (Å²) in [5.74, 6) is -0.395. The molecule has 1 aliphatic heterocycles. The van der Waals surface area contributed by atoms with Crippen LogP contribution >= 0.6 is 11.8 Å². The van der Waals surface area contributed by atoms with Gasteiger partial charge in [0.1, 0.15) is 11.5 Å². The maximum atomic E-state index is 10.8. The summed E-state index contributed by atoms with van der Waals surface area (Å²) < 4.78 is 0. The number of rotatable bonds is 2. The predicted octanol–water partition coefficient (Wildman–Crippen LogP) is -2.36. The van der Waals surface area contributed by atoms with Crippen LogP contribution in [0.15, 0.2) is 0 Å². The zero-order chi connectivity index (χ0) is 11.6. The Labute approximate surface area is 91.3 Å². The quantitative estimate of drug-likeness (QED) is 0.367. The predicted molar refractivity (Wildman–Crippen MR) is 54.1 cm³/mol. The first-order valence-electron chi connectivity index (χ1n) is 4.55. The molecule has 0 aromatic heterocycles. The second kappa shape index (κ2) is 5.13. The fraction of sp³-hybridized carbons (Fsp3) is 0.875. The van der Waals surface area contributed by atoms with Crippen LogP contribution in [0.4, 0.5) is 0 Å². The van der Waals surface area contributed by atoms with E-state index in [0.29, 0.717) is 0 Å². The van der Waals surface area contributed by atoms with Crippen molar-refractivity contribution >= 4 is 17.7 Å². The monoisotopic (exact) mass is 237 g/mol. The van der Waals surface area contributed by atoms with Crippen LogP contribution in [0, 0.1) is 0 Å². The second-order valence-electron chi connectivity index (χ2n) is 3.46. The minimum absolute atomic E-state index is 0.341. The lowest BCUT2D eigenvalue weighted by molar-refractivity contribution is -0.122. The maximum Gasteiger partial charge on any atom is 0.217 e. The number of carbonyl (C=O) groups is 1. The zero-order valence-electron chi connectivity index (χ0n) is 8.20. The van der Waals surface area contributed by atoms with E-state index in [1.165, 1.54) is 6.92 Å². The molecule has 0 saturated carbocycles. The molecule has 15 heavy (non-hydrogen) atoms. The van der Waals surface area contributed by atoms with Gasteiger partial charge < -0.3 is 25.7 Å². The molecule has 0 spiro atoms. The van der Waals surface area contributed by atoms with E-state index in [-0.39, 0.29) is 6.61 Å². The fourth-order valence-electron chi connectivity index (χ4n) is 1.49. The summed E-state index contributed by atoms with van der Waals surface area (Å²) in [4.78, 5) is 10.8. The van der Waals surface area contributed by atoms with Crippen LogP contribution in [0.3, 0.4) is 0 Å². The Morgan fingerprint density at radius 3 is 2.40 bits per heavy atom. The molecule has 0 unspecified atom stereocenters. The van der Waals surface area contributed by atoms with Gasteiger partial charge in [0.2, 0.25) is 5.91 Å². The third-order valence-corrected chi connectivity index (χ3v) is 3.62. The first-order chi connectivity index (χ1) is 6.97. The zero-order valence-corrected chi connectivity index (χ0v) is 9.02. The van der Waals surface area contributed by atoms with Gasteiger partial charge in [-0.2, -0.15) is 0 Å². The third kappa shape index (κ3) is 2.82. The van der Waals surface area contributed by atoms with Crippen LogP contribution in [0.5, 0.6) is 0 Å². The average Bonchev–Trinajstić information content (AvgIpc) is 2.18. The number of carbonyl (C=O) groups excluding carboxylic acids is 1. The minimum Gasteiger partial charge on any atom is -0.395 e. The molecule has 88 valence electrons. The molecule has 0 bridgehead atoms. The molecule has 1 fully saturated rings. The van der Waals surface area contributed by atoms with Gasteiger partial charge in [0, 0.05) is 6.92 Å². The Morgan fingerprint density at radius 1 is 1.33 bits per heavy atom. The molecule has 0 radical (unpaired) electrons. The number of aliphatic hydroxyl groups excluding tert-OH is 4. The van der Waals surface area contributed by atoms with Crippen molar-refractivity contribution in [3.63, 3.8) is 0 Å². The largest absolute Gasteiger partial charge is 0.395 e. The summed E-state index contributed by atoms with van der Waals surface area (Å²) in [6, 6.07) is -0.912. The molecule has 5 N–H and O–H groups in total. The van der Waals surface area contributed by atoms with Crippen LogP contribution < -0.4 is 5.32 Å². The lowest BCUT2D eigenvalue weighted by atomic mass is 10.0. The molecule has 0 aromatic rings. The standard InChI is InChI=1S/C8H15NO5S/c1-3(11)9-5-7(13)6(12)4(2-10)15-8(5)14/h4-8,10,12-14H,2H2,1H3,(H,9,11)/t4-,5-,6+,7-,8+/m1/s1. The van der Waals surface area contributed by atoms with Gasteiger partial charge in [-0.05, 0) is 0 Å². The number of hydrogen-bond donors (Lipinski definition) is 5. The fourth-order valence-corrected chi connectivity index (χ4v) is 2.65. The van der Waals surface area contributed by atoms with E-state index in [4.69, 9.17) is 5.11 Å². The van der Waals surface area contributed by atoms with Crippen LogP contribution in [0.1, 0.15) is 6.92 Å². The van der Waals surface area contributed by atoms with Crippen LogP contribution in [0.2, 0.25) is 0 Å². The molecular formula is C8H15NO5S. The van der Waals surface area contributed by atoms with Crippen LogP contribution in [0.25, 0.3) is 0 Å². The summed E-state index contributed by atoms with van der Waals surface area (Å²) in [6.07, 6.45) is -2.44. The second-order valence-corrected chi connectivity index (χ2v) is 4.82. The summed E-state index contributed by atoms with van der Waals surface area (Å²) >= 11 is 0.929. The van der Waals surface area contributed by atoms with E-state index in [1.807, 2.05) is 0 Å². The number of thioether (sulfide) groups is 1. The molecular weight excluding hydrogens is 222 g/mol. The molecule has 1 rings (SSSR count).